The zero-order valence-electron chi connectivity index (χ0n) is 14.6. The smallest absolute Gasteiger partial charge is 0.422 e. The van der Waals surface area contributed by atoms with Crippen molar-refractivity contribution in [1.29, 1.82) is 0 Å². The largest absolute Gasteiger partial charge is 0.490 e. The van der Waals surface area contributed by atoms with Crippen LogP contribution in [-0.2, 0) is 11.3 Å². The first kappa shape index (κ1) is 20.4. The number of halogens is 3. The quantitative estimate of drug-likeness (QED) is 0.724. The van der Waals surface area contributed by atoms with Crippen LogP contribution in [0.25, 0.3) is 0 Å². The van der Waals surface area contributed by atoms with Crippen molar-refractivity contribution in [2.24, 2.45) is 5.92 Å². The van der Waals surface area contributed by atoms with Gasteiger partial charge in [0.1, 0.15) is 0 Å². The van der Waals surface area contributed by atoms with E-state index in [0.717, 1.165) is 18.4 Å². The lowest BCUT2D eigenvalue weighted by atomic mass is 9.86. The van der Waals surface area contributed by atoms with Crippen LogP contribution >= 0.6 is 0 Å². The van der Waals surface area contributed by atoms with Gasteiger partial charge in [0.05, 0.1) is 12.5 Å². The number of alkyl halides is 3. The van der Waals surface area contributed by atoms with Crippen molar-refractivity contribution in [2.75, 3.05) is 13.2 Å². The van der Waals surface area contributed by atoms with Crippen LogP contribution in [0.4, 0.5) is 13.2 Å². The number of carboxylic acid groups (broad SMARTS) is 1. The van der Waals surface area contributed by atoms with Crippen molar-refractivity contribution in [3.05, 3.63) is 23.8 Å². The SMILES string of the molecule is CCOc1cc(CNC2CCC(C(=O)O)CC2)ccc1OCC(F)(F)F. The molecule has 8 heteroatoms. The summed E-state index contributed by atoms with van der Waals surface area (Å²) in [5.41, 5.74) is 0.869. The Hall–Kier alpha value is -1.96. The molecule has 0 bridgehead atoms. The number of hydrogen-bond donors (Lipinski definition) is 2. The Kier molecular flexibility index (Phi) is 7.14. The third kappa shape index (κ3) is 6.40. The van der Waals surface area contributed by atoms with Crippen molar-refractivity contribution in [3.63, 3.8) is 0 Å². The molecular weight excluding hydrogens is 351 g/mol. The van der Waals surface area contributed by atoms with E-state index < -0.39 is 18.8 Å². The number of carbonyl (C=O) groups is 1. The molecule has 1 saturated carbocycles. The molecule has 0 heterocycles. The van der Waals surface area contributed by atoms with Gasteiger partial charge in [-0.05, 0) is 50.3 Å². The molecule has 1 aliphatic rings. The molecule has 0 aliphatic heterocycles. The van der Waals surface area contributed by atoms with Crippen molar-refractivity contribution < 1.29 is 32.5 Å². The van der Waals surface area contributed by atoms with Gasteiger partial charge in [-0.15, -0.1) is 0 Å². The standard InChI is InChI=1S/C18H24F3NO4/c1-2-25-16-9-12(3-8-15(16)26-11-18(19,20)21)10-22-14-6-4-13(5-7-14)17(23)24/h3,8-9,13-14,22H,2,4-7,10-11H2,1H3,(H,23,24). The molecule has 2 rings (SSSR count). The fourth-order valence-corrected chi connectivity index (χ4v) is 3.02. The van der Waals surface area contributed by atoms with Crippen molar-refractivity contribution in [3.8, 4) is 11.5 Å². The third-order valence-electron chi connectivity index (χ3n) is 4.37. The van der Waals surface area contributed by atoms with Crippen LogP contribution in [0.15, 0.2) is 18.2 Å². The van der Waals surface area contributed by atoms with E-state index in [9.17, 15) is 18.0 Å². The molecule has 146 valence electrons. The van der Waals surface area contributed by atoms with Crippen LogP contribution in [0, 0.1) is 5.92 Å². The number of carboxylic acids is 1. The summed E-state index contributed by atoms with van der Waals surface area (Å²) in [7, 11) is 0. The maximum Gasteiger partial charge on any atom is 0.422 e. The Morgan fingerprint density at radius 3 is 2.46 bits per heavy atom. The van der Waals surface area contributed by atoms with E-state index in [-0.39, 0.29) is 23.5 Å². The van der Waals surface area contributed by atoms with Crippen LogP contribution < -0.4 is 14.8 Å². The predicted molar refractivity (Wildman–Crippen MR) is 89.4 cm³/mol. The first-order valence-corrected chi connectivity index (χ1v) is 8.70. The average molecular weight is 375 g/mol. The lowest BCUT2D eigenvalue weighted by Crippen LogP contribution is -2.34. The minimum absolute atomic E-state index is 0.0647. The van der Waals surface area contributed by atoms with Gasteiger partial charge >= 0.3 is 12.1 Å². The summed E-state index contributed by atoms with van der Waals surface area (Å²) in [6.45, 7) is 1.23. The molecule has 0 atom stereocenters. The molecule has 0 saturated heterocycles. The van der Waals surface area contributed by atoms with E-state index in [1.54, 1.807) is 19.1 Å². The van der Waals surface area contributed by atoms with E-state index in [1.165, 1.54) is 6.07 Å². The third-order valence-corrected chi connectivity index (χ3v) is 4.37. The second-order valence-electron chi connectivity index (χ2n) is 6.39. The molecule has 0 aromatic heterocycles. The van der Waals surface area contributed by atoms with Gasteiger partial charge < -0.3 is 19.9 Å². The predicted octanol–water partition coefficient (Wildman–Crippen LogP) is 3.76. The summed E-state index contributed by atoms with van der Waals surface area (Å²) in [5, 5.41) is 12.4. The second-order valence-corrected chi connectivity index (χ2v) is 6.39. The van der Waals surface area contributed by atoms with Gasteiger partial charge in [-0.2, -0.15) is 13.2 Å². The lowest BCUT2D eigenvalue weighted by Gasteiger charge is -2.27. The maximum absolute atomic E-state index is 12.3. The van der Waals surface area contributed by atoms with Gasteiger partial charge in [0.15, 0.2) is 18.1 Å². The molecular formula is C18H24F3NO4. The molecule has 0 radical (unpaired) electrons. The summed E-state index contributed by atoms with van der Waals surface area (Å²) < 4.78 is 47.2. The minimum Gasteiger partial charge on any atom is -0.490 e. The number of aliphatic carboxylic acids is 1. The Bertz CT molecular complexity index is 599. The van der Waals surface area contributed by atoms with Crippen LogP contribution in [0.2, 0.25) is 0 Å². The first-order valence-electron chi connectivity index (χ1n) is 8.70. The van der Waals surface area contributed by atoms with E-state index in [1.807, 2.05) is 0 Å². The number of hydrogen-bond acceptors (Lipinski definition) is 4. The molecule has 1 fully saturated rings. The van der Waals surface area contributed by atoms with Crippen molar-refractivity contribution in [2.45, 2.75) is 51.4 Å². The Balaban J connectivity index is 1.91. The summed E-state index contributed by atoms with van der Waals surface area (Å²) in [5.74, 6) is -0.651. The monoisotopic (exact) mass is 375 g/mol. The molecule has 5 nitrogen and oxygen atoms in total. The minimum atomic E-state index is -4.40. The molecule has 0 amide bonds. The number of ether oxygens (including phenoxy) is 2. The van der Waals surface area contributed by atoms with Gasteiger partial charge in [-0.3, -0.25) is 4.79 Å². The second kappa shape index (κ2) is 9.12. The molecule has 1 aromatic rings. The maximum atomic E-state index is 12.3. The molecule has 0 spiro atoms. The summed E-state index contributed by atoms with van der Waals surface area (Å²) >= 11 is 0. The summed E-state index contributed by atoms with van der Waals surface area (Å²) in [4.78, 5) is 11.0. The van der Waals surface area contributed by atoms with Gasteiger partial charge in [0, 0.05) is 12.6 Å². The topological polar surface area (TPSA) is 67.8 Å². The van der Waals surface area contributed by atoms with Gasteiger partial charge in [-0.1, -0.05) is 6.07 Å². The fourth-order valence-electron chi connectivity index (χ4n) is 3.02. The van der Waals surface area contributed by atoms with Gasteiger partial charge in [-0.25, -0.2) is 0 Å². The lowest BCUT2D eigenvalue weighted by molar-refractivity contribution is -0.153. The Morgan fingerprint density at radius 1 is 1.19 bits per heavy atom. The number of benzene rings is 1. The van der Waals surface area contributed by atoms with E-state index >= 15 is 0 Å². The van der Waals surface area contributed by atoms with E-state index in [0.29, 0.717) is 26.0 Å². The highest BCUT2D eigenvalue weighted by Gasteiger charge is 2.29. The van der Waals surface area contributed by atoms with Crippen molar-refractivity contribution in [1.82, 2.24) is 5.32 Å². The van der Waals surface area contributed by atoms with Crippen LogP contribution in [0.5, 0.6) is 11.5 Å². The normalized spacial score (nSPS) is 20.6. The number of rotatable bonds is 8. The number of nitrogens with one attached hydrogen (secondary N) is 1. The Morgan fingerprint density at radius 2 is 1.88 bits per heavy atom. The molecule has 1 aromatic carbocycles. The van der Waals surface area contributed by atoms with E-state index in [4.69, 9.17) is 14.6 Å². The summed E-state index contributed by atoms with van der Waals surface area (Å²) in [6, 6.07) is 5.09. The Labute approximate surface area is 150 Å². The van der Waals surface area contributed by atoms with E-state index in [2.05, 4.69) is 5.32 Å². The summed E-state index contributed by atoms with van der Waals surface area (Å²) in [6.07, 6.45) is -1.51. The van der Waals surface area contributed by atoms with Crippen molar-refractivity contribution >= 4 is 5.97 Å². The molecule has 2 N–H and O–H groups in total. The first-order chi connectivity index (χ1) is 12.3. The zero-order chi connectivity index (χ0) is 19.2. The van der Waals surface area contributed by atoms with Gasteiger partial charge in [0.25, 0.3) is 0 Å². The molecule has 26 heavy (non-hydrogen) atoms. The molecule has 1 aliphatic carbocycles. The van der Waals surface area contributed by atoms with Gasteiger partial charge in [0.2, 0.25) is 0 Å². The van der Waals surface area contributed by atoms with Crippen LogP contribution in [-0.4, -0.2) is 36.5 Å². The van der Waals surface area contributed by atoms with Crippen LogP contribution in [0.1, 0.15) is 38.2 Å². The fraction of sp³-hybridized carbons (Fsp3) is 0.611. The highest BCUT2D eigenvalue weighted by molar-refractivity contribution is 5.70. The average Bonchev–Trinajstić information content (AvgIpc) is 2.59. The highest BCUT2D eigenvalue weighted by atomic mass is 19.4. The van der Waals surface area contributed by atoms with Crippen LogP contribution in [0.3, 0.4) is 0 Å². The molecule has 0 unspecified atom stereocenters. The highest BCUT2D eigenvalue weighted by Crippen LogP contribution is 2.30. The zero-order valence-corrected chi connectivity index (χ0v) is 14.6.